The van der Waals surface area contributed by atoms with Gasteiger partial charge in [0, 0.05) is 23.8 Å². The number of benzene rings is 1. The zero-order valence-corrected chi connectivity index (χ0v) is 18.5. The van der Waals surface area contributed by atoms with Gasteiger partial charge >= 0.3 is 0 Å². The van der Waals surface area contributed by atoms with E-state index in [0.717, 1.165) is 65.2 Å². The average molecular weight is 414 g/mol. The van der Waals surface area contributed by atoms with Crippen molar-refractivity contribution in [1.29, 1.82) is 0 Å². The fraction of sp³-hybridized carbons (Fsp3) is 0.583. The Morgan fingerprint density at radius 2 is 2.10 bits per heavy atom. The molecule has 30 heavy (non-hydrogen) atoms. The molecule has 1 unspecified atom stereocenters. The highest BCUT2D eigenvalue weighted by Gasteiger charge is 2.22. The Morgan fingerprint density at radius 1 is 1.23 bits per heavy atom. The molecule has 6 nitrogen and oxygen atoms in total. The lowest BCUT2D eigenvalue weighted by molar-refractivity contribution is 0.119. The summed E-state index contributed by atoms with van der Waals surface area (Å²) in [7, 11) is 1.66. The third-order valence-electron chi connectivity index (χ3n) is 5.87. The Bertz CT molecular complexity index is 826. The van der Waals surface area contributed by atoms with Crippen LogP contribution in [0.1, 0.15) is 69.1 Å². The molecule has 1 aliphatic rings. The quantitative estimate of drug-likeness (QED) is 0.571. The van der Waals surface area contributed by atoms with E-state index in [4.69, 9.17) is 9.47 Å². The minimum atomic E-state index is -0.0576. The molecule has 1 aliphatic heterocycles. The molecule has 0 spiro atoms. The van der Waals surface area contributed by atoms with Crippen molar-refractivity contribution in [3.8, 4) is 17.0 Å². The maximum absolute atomic E-state index is 10.3. The molecule has 164 valence electrons. The highest BCUT2D eigenvalue weighted by molar-refractivity contribution is 5.71. The molecule has 2 aromatic rings. The third-order valence-corrected chi connectivity index (χ3v) is 5.87. The van der Waals surface area contributed by atoms with Crippen LogP contribution in [-0.2, 0) is 24.4 Å². The lowest BCUT2D eigenvalue weighted by atomic mass is 9.95. The first-order valence-corrected chi connectivity index (χ1v) is 11.2. The third kappa shape index (κ3) is 5.29. The van der Waals surface area contributed by atoms with Crippen molar-refractivity contribution in [1.82, 2.24) is 10.2 Å². The lowest BCUT2D eigenvalue weighted by Crippen LogP contribution is -2.21. The van der Waals surface area contributed by atoms with Crippen molar-refractivity contribution < 1.29 is 14.6 Å². The van der Waals surface area contributed by atoms with E-state index >= 15 is 0 Å². The van der Waals surface area contributed by atoms with Crippen LogP contribution in [0, 0.1) is 0 Å². The van der Waals surface area contributed by atoms with E-state index in [1.54, 1.807) is 7.11 Å². The van der Waals surface area contributed by atoms with Gasteiger partial charge < -0.3 is 19.9 Å². The normalized spacial score (nSPS) is 14.7. The number of aliphatic hydroxyl groups is 1. The number of nitrogens with one attached hydrogen (secondary N) is 1. The first-order valence-electron chi connectivity index (χ1n) is 11.2. The number of fused-ring (bicyclic) bond motifs is 3. The molecule has 6 heteroatoms. The zero-order chi connectivity index (χ0) is 21.3. The van der Waals surface area contributed by atoms with Gasteiger partial charge in [0.1, 0.15) is 5.75 Å². The van der Waals surface area contributed by atoms with E-state index in [0.29, 0.717) is 19.3 Å². The Balaban J connectivity index is 1.99. The van der Waals surface area contributed by atoms with E-state index in [-0.39, 0.29) is 6.61 Å². The standard InChI is InChI=1S/C24H35N3O3/c1-4-6-7-9-18(5-2)25-24-22(15-28)21-10-8-13-30-16-17-14-19(29-3)11-12-20(17)23(21)26-27-24/h11-12,14,18,28H,4-10,13,15-16H2,1-3H3,(H,25,27). The van der Waals surface area contributed by atoms with Crippen molar-refractivity contribution in [2.45, 2.75) is 78.0 Å². The first kappa shape index (κ1) is 22.5. The van der Waals surface area contributed by atoms with Gasteiger partial charge in [-0.15, -0.1) is 10.2 Å². The van der Waals surface area contributed by atoms with E-state index < -0.39 is 0 Å². The fourth-order valence-corrected chi connectivity index (χ4v) is 4.07. The van der Waals surface area contributed by atoms with Gasteiger partial charge in [0.2, 0.25) is 0 Å². The molecular weight excluding hydrogens is 378 g/mol. The lowest BCUT2D eigenvalue weighted by Gasteiger charge is -2.22. The molecule has 2 N–H and O–H groups in total. The molecule has 1 aromatic carbocycles. The first-order chi connectivity index (χ1) is 14.7. The Kier molecular flexibility index (Phi) is 8.46. The van der Waals surface area contributed by atoms with Gasteiger partial charge in [-0.05, 0) is 55.0 Å². The van der Waals surface area contributed by atoms with Crippen LogP contribution in [0.5, 0.6) is 5.75 Å². The van der Waals surface area contributed by atoms with Gasteiger partial charge in [0.05, 0.1) is 26.0 Å². The minimum absolute atomic E-state index is 0.0576. The number of anilines is 1. The SMILES string of the molecule is CCCCCC(CC)Nc1nnc2c(c1CO)CCCOCc1cc(OC)ccc1-2. The summed E-state index contributed by atoms with van der Waals surface area (Å²) in [6, 6.07) is 6.29. The maximum atomic E-state index is 10.3. The monoisotopic (exact) mass is 413 g/mol. The van der Waals surface area contributed by atoms with Gasteiger partial charge in [-0.2, -0.15) is 0 Å². The molecule has 2 heterocycles. The Morgan fingerprint density at radius 3 is 2.83 bits per heavy atom. The van der Waals surface area contributed by atoms with Crippen LogP contribution < -0.4 is 10.1 Å². The number of aliphatic hydroxyl groups excluding tert-OH is 1. The molecular formula is C24H35N3O3. The molecule has 0 aliphatic carbocycles. The zero-order valence-electron chi connectivity index (χ0n) is 18.5. The summed E-state index contributed by atoms with van der Waals surface area (Å²) in [4.78, 5) is 0. The maximum Gasteiger partial charge on any atom is 0.154 e. The second-order valence-electron chi connectivity index (χ2n) is 7.94. The highest BCUT2D eigenvalue weighted by atomic mass is 16.5. The van der Waals surface area contributed by atoms with Crippen molar-refractivity contribution in [2.24, 2.45) is 0 Å². The number of hydrogen-bond donors (Lipinski definition) is 2. The molecule has 0 radical (unpaired) electrons. The predicted molar refractivity (Wildman–Crippen MR) is 120 cm³/mol. The molecule has 3 rings (SSSR count). The number of hydrogen-bond acceptors (Lipinski definition) is 6. The molecule has 0 bridgehead atoms. The molecule has 0 saturated carbocycles. The van der Waals surface area contributed by atoms with Gasteiger partial charge in [-0.3, -0.25) is 0 Å². The van der Waals surface area contributed by atoms with Crippen LogP contribution in [0.4, 0.5) is 5.82 Å². The van der Waals surface area contributed by atoms with Crippen LogP contribution in [0.2, 0.25) is 0 Å². The second kappa shape index (κ2) is 11.3. The number of unbranched alkanes of at least 4 members (excludes halogenated alkanes) is 2. The van der Waals surface area contributed by atoms with Gasteiger partial charge in [0.25, 0.3) is 0 Å². The van der Waals surface area contributed by atoms with Crippen molar-refractivity contribution in [3.63, 3.8) is 0 Å². The van der Waals surface area contributed by atoms with Crippen LogP contribution in [0.15, 0.2) is 18.2 Å². The number of aromatic nitrogens is 2. The Labute approximate surface area is 180 Å². The Hall–Kier alpha value is -2.18. The van der Waals surface area contributed by atoms with Crippen LogP contribution in [0.25, 0.3) is 11.3 Å². The smallest absolute Gasteiger partial charge is 0.154 e. The van der Waals surface area contributed by atoms with E-state index in [1.807, 2.05) is 18.2 Å². The minimum Gasteiger partial charge on any atom is -0.497 e. The van der Waals surface area contributed by atoms with Crippen LogP contribution in [0.3, 0.4) is 0 Å². The van der Waals surface area contributed by atoms with Crippen LogP contribution in [-0.4, -0.2) is 35.1 Å². The topological polar surface area (TPSA) is 76.5 Å². The van der Waals surface area contributed by atoms with Crippen molar-refractivity contribution in [2.75, 3.05) is 19.0 Å². The summed E-state index contributed by atoms with van der Waals surface area (Å²) in [6.45, 7) is 5.53. The summed E-state index contributed by atoms with van der Waals surface area (Å²) in [5.74, 6) is 1.51. The van der Waals surface area contributed by atoms with E-state index in [1.165, 1.54) is 19.3 Å². The van der Waals surface area contributed by atoms with Crippen LogP contribution >= 0.6 is 0 Å². The van der Waals surface area contributed by atoms with Gasteiger partial charge in [0.15, 0.2) is 5.82 Å². The molecule has 0 amide bonds. The molecule has 0 fully saturated rings. The largest absolute Gasteiger partial charge is 0.497 e. The number of rotatable bonds is 9. The number of methoxy groups -OCH3 is 1. The van der Waals surface area contributed by atoms with Gasteiger partial charge in [-0.1, -0.05) is 33.1 Å². The van der Waals surface area contributed by atoms with E-state index in [2.05, 4.69) is 29.4 Å². The molecule has 1 aromatic heterocycles. The van der Waals surface area contributed by atoms with Crippen molar-refractivity contribution >= 4 is 5.82 Å². The predicted octanol–water partition coefficient (Wildman–Crippen LogP) is 4.88. The summed E-state index contributed by atoms with van der Waals surface area (Å²) in [5, 5.41) is 23.0. The van der Waals surface area contributed by atoms with E-state index in [9.17, 15) is 5.11 Å². The second-order valence-corrected chi connectivity index (χ2v) is 7.94. The summed E-state index contributed by atoms with van der Waals surface area (Å²) >= 11 is 0. The van der Waals surface area contributed by atoms with Gasteiger partial charge in [-0.25, -0.2) is 0 Å². The van der Waals surface area contributed by atoms with Crippen molar-refractivity contribution in [3.05, 3.63) is 34.9 Å². The number of ether oxygens (including phenoxy) is 2. The fourth-order valence-electron chi connectivity index (χ4n) is 4.07. The average Bonchev–Trinajstić information content (AvgIpc) is 2.86. The molecule has 0 saturated heterocycles. The number of nitrogens with zero attached hydrogens (tertiary/aromatic N) is 2. The summed E-state index contributed by atoms with van der Waals surface area (Å²) in [6.07, 6.45) is 7.44. The highest BCUT2D eigenvalue weighted by Crippen LogP contribution is 2.34. The summed E-state index contributed by atoms with van der Waals surface area (Å²) < 4.78 is 11.3. The summed E-state index contributed by atoms with van der Waals surface area (Å²) in [5.41, 5.74) is 4.79. The molecule has 1 atom stereocenters.